The predicted octanol–water partition coefficient (Wildman–Crippen LogP) is 7.04. The van der Waals surface area contributed by atoms with Gasteiger partial charge in [-0.05, 0) is 40.7 Å². The third-order valence-electron chi connectivity index (χ3n) is 5.17. The van der Waals surface area contributed by atoms with E-state index in [9.17, 15) is 5.11 Å². The molecular weight excluding hydrogens is 410 g/mol. The molecule has 0 atom stereocenters. The second kappa shape index (κ2) is 7.94. The van der Waals surface area contributed by atoms with Crippen LogP contribution in [-0.2, 0) is 13.0 Å². The molecule has 0 spiro atoms. The van der Waals surface area contributed by atoms with Crippen molar-refractivity contribution in [2.45, 2.75) is 13.0 Å². The quantitative estimate of drug-likeness (QED) is 0.305. The molecule has 0 amide bonds. The highest BCUT2D eigenvalue weighted by atomic mass is 32.1. The topological polar surface area (TPSA) is 38.3 Å². The van der Waals surface area contributed by atoms with Crippen molar-refractivity contribution in [2.75, 3.05) is 0 Å². The minimum Gasteiger partial charge on any atom is -0.494 e. The normalized spacial score (nSPS) is 11.2. The second-order valence-electron chi connectivity index (χ2n) is 7.16. The summed E-state index contributed by atoms with van der Waals surface area (Å²) in [4.78, 5) is 0.815. The molecule has 0 aliphatic rings. The fourth-order valence-corrected chi connectivity index (χ4v) is 5.02. The van der Waals surface area contributed by atoms with E-state index < -0.39 is 0 Å². The van der Waals surface area contributed by atoms with Crippen LogP contribution in [0.15, 0.2) is 89.3 Å². The first kappa shape index (κ1) is 18.9. The van der Waals surface area contributed by atoms with Crippen LogP contribution in [0, 0.1) is 3.95 Å². The molecule has 30 heavy (non-hydrogen) atoms. The average molecular weight is 430 g/mol. The van der Waals surface area contributed by atoms with Crippen molar-refractivity contribution in [2.24, 2.45) is 0 Å². The lowest BCUT2D eigenvalue weighted by atomic mass is 10.0. The standard InChI is InChI=1S/C25H19NO2S2/c27-24-23(30-25(29)26(24)16-17-7-2-1-3-8-17)15-19-13-14-22(28-19)21-12-6-10-18-9-4-5-11-20(18)21/h1-14,27H,15-16H2. The van der Waals surface area contributed by atoms with E-state index >= 15 is 0 Å². The highest BCUT2D eigenvalue weighted by molar-refractivity contribution is 7.73. The number of nitrogens with zero attached hydrogens (tertiary/aromatic N) is 1. The third kappa shape index (κ3) is 3.58. The Bertz CT molecular complexity index is 1370. The van der Waals surface area contributed by atoms with Crippen molar-refractivity contribution < 1.29 is 9.52 Å². The molecule has 0 aliphatic carbocycles. The van der Waals surface area contributed by atoms with E-state index in [0.29, 0.717) is 16.9 Å². The Morgan fingerprint density at radius 2 is 1.63 bits per heavy atom. The molecule has 5 aromatic rings. The summed E-state index contributed by atoms with van der Waals surface area (Å²) in [5, 5.41) is 13.1. The Morgan fingerprint density at radius 3 is 2.50 bits per heavy atom. The van der Waals surface area contributed by atoms with E-state index in [4.69, 9.17) is 16.6 Å². The smallest absolute Gasteiger partial charge is 0.207 e. The zero-order chi connectivity index (χ0) is 20.5. The molecule has 3 aromatic carbocycles. The van der Waals surface area contributed by atoms with Crippen LogP contribution in [0.1, 0.15) is 16.2 Å². The van der Waals surface area contributed by atoms with E-state index in [0.717, 1.165) is 32.9 Å². The van der Waals surface area contributed by atoms with Crippen molar-refractivity contribution in [1.29, 1.82) is 0 Å². The van der Waals surface area contributed by atoms with Gasteiger partial charge in [-0.3, -0.25) is 4.57 Å². The molecule has 0 saturated heterocycles. The Morgan fingerprint density at radius 1 is 0.867 bits per heavy atom. The van der Waals surface area contributed by atoms with Gasteiger partial charge >= 0.3 is 0 Å². The first-order chi connectivity index (χ1) is 14.7. The minimum absolute atomic E-state index is 0.219. The van der Waals surface area contributed by atoms with Gasteiger partial charge in [0.05, 0.1) is 11.4 Å². The Hall–Kier alpha value is -3.15. The number of fused-ring (bicyclic) bond motifs is 1. The molecule has 148 valence electrons. The molecule has 0 aliphatic heterocycles. The first-order valence-electron chi connectivity index (χ1n) is 9.71. The molecule has 0 radical (unpaired) electrons. The minimum atomic E-state index is 0.219. The molecule has 0 bridgehead atoms. The van der Waals surface area contributed by atoms with Gasteiger partial charge in [0.25, 0.3) is 0 Å². The average Bonchev–Trinajstić information content (AvgIpc) is 3.34. The van der Waals surface area contributed by atoms with Gasteiger partial charge in [0, 0.05) is 12.0 Å². The summed E-state index contributed by atoms with van der Waals surface area (Å²) in [7, 11) is 0. The maximum Gasteiger partial charge on any atom is 0.207 e. The van der Waals surface area contributed by atoms with E-state index in [2.05, 4.69) is 24.3 Å². The molecule has 0 unspecified atom stereocenters. The van der Waals surface area contributed by atoms with Crippen LogP contribution < -0.4 is 0 Å². The monoisotopic (exact) mass is 429 g/mol. The zero-order valence-corrected chi connectivity index (χ0v) is 17.7. The Kier molecular flexibility index (Phi) is 4.99. The lowest BCUT2D eigenvalue weighted by Crippen LogP contribution is -1.99. The van der Waals surface area contributed by atoms with Crippen molar-refractivity contribution >= 4 is 34.3 Å². The maximum absolute atomic E-state index is 10.8. The second-order valence-corrected chi connectivity index (χ2v) is 8.88. The van der Waals surface area contributed by atoms with Crippen LogP contribution in [-0.4, -0.2) is 9.67 Å². The van der Waals surface area contributed by atoms with Crippen molar-refractivity contribution in [3.63, 3.8) is 0 Å². The largest absolute Gasteiger partial charge is 0.494 e. The number of thiazole rings is 1. The molecular formula is C25H19NO2S2. The molecule has 5 rings (SSSR count). The number of rotatable bonds is 5. The molecule has 2 heterocycles. The zero-order valence-electron chi connectivity index (χ0n) is 16.1. The summed E-state index contributed by atoms with van der Waals surface area (Å²) in [5.41, 5.74) is 2.17. The van der Waals surface area contributed by atoms with Gasteiger partial charge in [-0.15, -0.1) is 11.3 Å². The van der Waals surface area contributed by atoms with Crippen molar-refractivity contribution in [1.82, 2.24) is 4.57 Å². The SMILES string of the molecule is Oc1c(Cc2ccc(-c3cccc4ccccc34)o2)sc(=S)n1Cc1ccccc1. The van der Waals surface area contributed by atoms with Gasteiger partial charge < -0.3 is 9.52 Å². The predicted molar refractivity (Wildman–Crippen MR) is 125 cm³/mol. The Balaban J connectivity index is 1.43. The highest BCUT2D eigenvalue weighted by Crippen LogP contribution is 2.33. The molecule has 1 N–H and O–H groups in total. The van der Waals surface area contributed by atoms with E-state index in [1.165, 1.54) is 16.7 Å². The summed E-state index contributed by atoms with van der Waals surface area (Å²) in [6, 6.07) is 28.5. The fraction of sp³-hybridized carbons (Fsp3) is 0.0800. The van der Waals surface area contributed by atoms with Crippen LogP contribution in [0.5, 0.6) is 5.88 Å². The fourth-order valence-electron chi connectivity index (χ4n) is 3.68. The highest BCUT2D eigenvalue weighted by Gasteiger charge is 2.15. The van der Waals surface area contributed by atoms with Crippen LogP contribution in [0.4, 0.5) is 0 Å². The van der Waals surface area contributed by atoms with Gasteiger partial charge in [-0.2, -0.15) is 0 Å². The first-order valence-corrected chi connectivity index (χ1v) is 10.9. The number of hydrogen-bond donors (Lipinski definition) is 1. The van der Waals surface area contributed by atoms with E-state index in [1.54, 1.807) is 4.57 Å². The van der Waals surface area contributed by atoms with Crippen LogP contribution in [0.3, 0.4) is 0 Å². The van der Waals surface area contributed by atoms with Crippen LogP contribution in [0.2, 0.25) is 0 Å². The Labute approximate surface area is 183 Å². The van der Waals surface area contributed by atoms with Crippen molar-refractivity contribution in [3.8, 4) is 17.2 Å². The van der Waals surface area contributed by atoms with Crippen LogP contribution in [0.25, 0.3) is 22.1 Å². The molecule has 0 fully saturated rings. The molecule has 2 aromatic heterocycles. The molecule has 0 saturated carbocycles. The van der Waals surface area contributed by atoms with Gasteiger partial charge in [-0.1, -0.05) is 72.8 Å². The van der Waals surface area contributed by atoms with Gasteiger partial charge in [-0.25, -0.2) is 0 Å². The summed E-state index contributed by atoms with van der Waals surface area (Å²) in [6.07, 6.45) is 0.507. The number of aromatic nitrogens is 1. The summed E-state index contributed by atoms with van der Waals surface area (Å²) in [6.45, 7) is 0.557. The maximum atomic E-state index is 10.8. The summed E-state index contributed by atoms with van der Waals surface area (Å²) < 4.78 is 8.59. The number of benzene rings is 3. The lowest BCUT2D eigenvalue weighted by Gasteiger charge is -2.05. The van der Waals surface area contributed by atoms with Gasteiger partial charge in [0.15, 0.2) is 3.95 Å². The number of aromatic hydroxyl groups is 1. The van der Waals surface area contributed by atoms with Gasteiger partial charge in [0.1, 0.15) is 11.5 Å². The van der Waals surface area contributed by atoms with Crippen molar-refractivity contribution in [3.05, 3.63) is 105 Å². The molecule has 3 nitrogen and oxygen atoms in total. The molecule has 5 heteroatoms. The van der Waals surface area contributed by atoms with Gasteiger partial charge in [0.2, 0.25) is 5.88 Å². The number of hydrogen-bond acceptors (Lipinski definition) is 4. The van der Waals surface area contributed by atoms with E-state index in [-0.39, 0.29) is 5.88 Å². The summed E-state index contributed by atoms with van der Waals surface area (Å²) in [5.74, 6) is 1.85. The van der Waals surface area contributed by atoms with E-state index in [1.807, 2.05) is 60.7 Å². The lowest BCUT2D eigenvalue weighted by molar-refractivity contribution is 0.416. The third-order valence-corrected chi connectivity index (χ3v) is 6.61. The number of furan rings is 1. The summed E-state index contributed by atoms with van der Waals surface area (Å²) >= 11 is 6.93. The van der Waals surface area contributed by atoms with Crippen LogP contribution >= 0.6 is 23.6 Å².